The molecule has 102 valence electrons. The Bertz CT molecular complexity index is 656. The number of rotatable bonds is 4. The Labute approximate surface area is 120 Å². The zero-order valence-electron chi connectivity index (χ0n) is 10.4. The van der Waals surface area contributed by atoms with Crippen molar-refractivity contribution in [3.8, 4) is 0 Å². The van der Waals surface area contributed by atoms with E-state index in [1.165, 1.54) is 18.4 Å². The van der Waals surface area contributed by atoms with Crippen LogP contribution >= 0.6 is 11.6 Å². The highest BCUT2D eigenvalue weighted by Crippen LogP contribution is 2.40. The number of aromatic nitrogens is 2. The molecule has 1 N–H and O–H groups in total. The highest BCUT2D eigenvalue weighted by molar-refractivity contribution is 6.28. The molecule has 0 aliphatic heterocycles. The van der Waals surface area contributed by atoms with Crippen LogP contribution in [0.4, 0.5) is 17.2 Å². The summed E-state index contributed by atoms with van der Waals surface area (Å²) >= 11 is 5.68. The van der Waals surface area contributed by atoms with Gasteiger partial charge in [0.15, 0.2) is 0 Å². The summed E-state index contributed by atoms with van der Waals surface area (Å²) in [7, 11) is 0. The van der Waals surface area contributed by atoms with E-state index in [1.807, 2.05) is 24.3 Å². The van der Waals surface area contributed by atoms with Crippen molar-refractivity contribution in [1.82, 2.24) is 9.97 Å². The van der Waals surface area contributed by atoms with Gasteiger partial charge in [-0.1, -0.05) is 12.1 Å². The summed E-state index contributed by atoms with van der Waals surface area (Å²) < 4.78 is 0. The van der Waals surface area contributed by atoms with Crippen LogP contribution in [0.3, 0.4) is 0 Å². The van der Waals surface area contributed by atoms with Gasteiger partial charge in [0.25, 0.3) is 0 Å². The smallest absolute Gasteiger partial charge is 0.329 e. The van der Waals surface area contributed by atoms with E-state index in [0.29, 0.717) is 5.92 Å². The summed E-state index contributed by atoms with van der Waals surface area (Å²) in [6.45, 7) is 0. The first kappa shape index (κ1) is 12.8. The molecule has 7 heteroatoms. The molecule has 1 aliphatic carbocycles. The van der Waals surface area contributed by atoms with Crippen molar-refractivity contribution in [2.24, 2.45) is 0 Å². The Morgan fingerprint density at radius 1 is 1.30 bits per heavy atom. The predicted molar refractivity (Wildman–Crippen MR) is 75.4 cm³/mol. The lowest BCUT2D eigenvalue weighted by atomic mass is 10.1. The molecule has 20 heavy (non-hydrogen) atoms. The van der Waals surface area contributed by atoms with Gasteiger partial charge in [-0.15, -0.1) is 0 Å². The molecular formula is C13H11ClN4O2. The summed E-state index contributed by atoms with van der Waals surface area (Å²) in [5.74, 6) is 0.765. The Balaban J connectivity index is 1.86. The lowest BCUT2D eigenvalue weighted by Crippen LogP contribution is -2.01. The molecule has 1 heterocycles. The lowest BCUT2D eigenvalue weighted by Gasteiger charge is -2.07. The number of hydrogen-bond acceptors (Lipinski definition) is 5. The van der Waals surface area contributed by atoms with Crippen LogP contribution in [0.2, 0.25) is 5.28 Å². The molecule has 0 amide bonds. The fourth-order valence-electron chi connectivity index (χ4n) is 1.97. The number of nitro groups is 1. The number of benzene rings is 1. The van der Waals surface area contributed by atoms with Gasteiger partial charge in [-0.25, -0.2) is 4.98 Å². The molecule has 1 aromatic heterocycles. The summed E-state index contributed by atoms with van der Waals surface area (Å²) in [6.07, 6.45) is 3.57. The third-order valence-electron chi connectivity index (χ3n) is 3.16. The number of hydrogen-bond donors (Lipinski definition) is 1. The van der Waals surface area contributed by atoms with E-state index in [2.05, 4.69) is 15.3 Å². The summed E-state index contributed by atoms with van der Waals surface area (Å²) in [5.41, 5.74) is 1.82. The SMILES string of the molecule is O=[N+]([O-])c1cnc(Cl)nc1Nc1ccc(C2CC2)cc1. The lowest BCUT2D eigenvalue weighted by molar-refractivity contribution is -0.384. The highest BCUT2D eigenvalue weighted by atomic mass is 35.5. The Morgan fingerprint density at radius 3 is 2.60 bits per heavy atom. The van der Waals surface area contributed by atoms with Crippen molar-refractivity contribution < 1.29 is 4.92 Å². The van der Waals surface area contributed by atoms with Crippen LogP contribution in [0, 0.1) is 10.1 Å². The van der Waals surface area contributed by atoms with Crippen molar-refractivity contribution in [3.05, 3.63) is 51.4 Å². The van der Waals surface area contributed by atoms with Crippen LogP contribution in [0.5, 0.6) is 0 Å². The van der Waals surface area contributed by atoms with Gasteiger partial charge in [-0.2, -0.15) is 4.98 Å². The molecular weight excluding hydrogens is 280 g/mol. The minimum atomic E-state index is -0.544. The fraction of sp³-hybridized carbons (Fsp3) is 0.231. The average Bonchev–Trinajstić information content (AvgIpc) is 3.24. The molecule has 1 saturated carbocycles. The molecule has 0 saturated heterocycles. The molecule has 0 atom stereocenters. The van der Waals surface area contributed by atoms with Gasteiger partial charge in [0.05, 0.1) is 4.92 Å². The van der Waals surface area contributed by atoms with Crippen LogP contribution in [0.1, 0.15) is 24.3 Å². The molecule has 2 aromatic rings. The molecule has 6 nitrogen and oxygen atoms in total. The first-order valence-electron chi connectivity index (χ1n) is 6.17. The standard InChI is InChI=1S/C13H11ClN4O2/c14-13-15-7-11(18(19)20)12(17-13)16-10-5-3-9(4-6-10)8-1-2-8/h3-8H,1-2H2,(H,15,16,17). The molecule has 0 bridgehead atoms. The van der Waals surface area contributed by atoms with Crippen molar-refractivity contribution in [1.29, 1.82) is 0 Å². The Morgan fingerprint density at radius 2 is 2.00 bits per heavy atom. The molecule has 0 spiro atoms. The van der Waals surface area contributed by atoms with E-state index in [1.54, 1.807) is 0 Å². The Kier molecular flexibility index (Phi) is 3.23. The second-order valence-corrected chi connectivity index (χ2v) is 4.99. The number of anilines is 2. The summed E-state index contributed by atoms with van der Waals surface area (Å²) in [5, 5.41) is 13.8. The highest BCUT2D eigenvalue weighted by Gasteiger charge is 2.23. The molecule has 0 unspecified atom stereocenters. The van der Waals surface area contributed by atoms with Gasteiger partial charge in [-0.05, 0) is 48.1 Å². The predicted octanol–water partition coefficient (Wildman–Crippen LogP) is 3.66. The Hall–Kier alpha value is -2.21. The molecule has 0 radical (unpaired) electrons. The zero-order chi connectivity index (χ0) is 14.1. The monoisotopic (exact) mass is 290 g/mol. The minimum Gasteiger partial charge on any atom is -0.334 e. The van der Waals surface area contributed by atoms with Crippen LogP contribution < -0.4 is 5.32 Å². The first-order chi connectivity index (χ1) is 9.63. The maximum atomic E-state index is 10.9. The summed E-state index contributed by atoms with van der Waals surface area (Å²) in [4.78, 5) is 17.9. The van der Waals surface area contributed by atoms with Gasteiger partial charge >= 0.3 is 5.69 Å². The van der Waals surface area contributed by atoms with E-state index < -0.39 is 4.92 Å². The molecule has 1 fully saturated rings. The number of nitrogens with zero attached hydrogens (tertiary/aromatic N) is 3. The van der Waals surface area contributed by atoms with Crippen LogP contribution in [-0.2, 0) is 0 Å². The summed E-state index contributed by atoms with van der Waals surface area (Å²) in [6, 6.07) is 7.81. The maximum Gasteiger partial charge on any atom is 0.329 e. The second-order valence-electron chi connectivity index (χ2n) is 4.65. The van der Waals surface area contributed by atoms with Gasteiger partial charge in [0, 0.05) is 5.69 Å². The van der Waals surface area contributed by atoms with Crippen LogP contribution in [-0.4, -0.2) is 14.9 Å². The molecule has 1 aliphatic rings. The van der Waals surface area contributed by atoms with E-state index in [-0.39, 0.29) is 16.8 Å². The van der Waals surface area contributed by atoms with E-state index in [0.717, 1.165) is 11.9 Å². The number of halogens is 1. The van der Waals surface area contributed by atoms with E-state index in [4.69, 9.17) is 11.6 Å². The quantitative estimate of drug-likeness (QED) is 0.528. The molecule has 1 aromatic carbocycles. The third kappa shape index (κ3) is 2.70. The van der Waals surface area contributed by atoms with Crippen molar-refractivity contribution in [2.75, 3.05) is 5.32 Å². The average molecular weight is 291 g/mol. The van der Waals surface area contributed by atoms with Crippen LogP contribution in [0.15, 0.2) is 30.5 Å². The fourth-order valence-corrected chi connectivity index (χ4v) is 2.10. The molecule has 3 rings (SSSR count). The third-order valence-corrected chi connectivity index (χ3v) is 3.34. The first-order valence-corrected chi connectivity index (χ1v) is 6.55. The normalized spacial score (nSPS) is 14.1. The van der Waals surface area contributed by atoms with E-state index >= 15 is 0 Å². The van der Waals surface area contributed by atoms with Gasteiger partial charge in [-0.3, -0.25) is 10.1 Å². The van der Waals surface area contributed by atoms with Gasteiger partial charge in [0.1, 0.15) is 6.20 Å². The van der Waals surface area contributed by atoms with Crippen LogP contribution in [0.25, 0.3) is 0 Å². The van der Waals surface area contributed by atoms with Gasteiger partial charge in [0.2, 0.25) is 11.1 Å². The van der Waals surface area contributed by atoms with Crippen molar-refractivity contribution in [2.45, 2.75) is 18.8 Å². The topological polar surface area (TPSA) is 81.0 Å². The zero-order valence-corrected chi connectivity index (χ0v) is 11.2. The largest absolute Gasteiger partial charge is 0.334 e. The maximum absolute atomic E-state index is 10.9. The van der Waals surface area contributed by atoms with Gasteiger partial charge < -0.3 is 5.32 Å². The van der Waals surface area contributed by atoms with E-state index in [9.17, 15) is 10.1 Å². The minimum absolute atomic E-state index is 0.0345. The second kappa shape index (κ2) is 5.05. The van der Waals surface area contributed by atoms with Crippen molar-refractivity contribution >= 4 is 28.8 Å². The van der Waals surface area contributed by atoms with Crippen molar-refractivity contribution in [3.63, 3.8) is 0 Å². The number of nitrogens with one attached hydrogen (secondary N) is 1.